The van der Waals surface area contributed by atoms with E-state index in [1.54, 1.807) is 12.3 Å². The minimum Gasteiger partial charge on any atom is -0.481 e. The highest BCUT2D eigenvalue weighted by molar-refractivity contribution is 5.68. The number of carbonyl (C=O) groups is 1. The molecule has 0 amide bonds. The van der Waals surface area contributed by atoms with E-state index in [0.717, 1.165) is 12.8 Å². The molecule has 4 nitrogen and oxygen atoms in total. The first kappa shape index (κ1) is 10.2. The second-order valence-electron chi connectivity index (χ2n) is 4.30. The molecule has 1 aliphatic carbocycles. The molecule has 0 saturated heterocycles. The van der Waals surface area contributed by atoms with Gasteiger partial charge in [-0.3, -0.25) is 4.79 Å². The fraction of sp³-hybridized carbons (Fsp3) is 0.545. The number of furan rings is 1. The number of carboxylic acid groups (broad SMARTS) is 1. The Morgan fingerprint density at radius 2 is 2.47 bits per heavy atom. The molecule has 1 atom stereocenters. The number of carboxylic acids is 1. The van der Waals surface area contributed by atoms with Gasteiger partial charge in [0.15, 0.2) is 0 Å². The summed E-state index contributed by atoms with van der Waals surface area (Å²) in [6.07, 6.45) is 3.85. The molecule has 1 saturated carbocycles. The van der Waals surface area contributed by atoms with Gasteiger partial charge in [0, 0.05) is 6.04 Å². The van der Waals surface area contributed by atoms with E-state index in [2.05, 4.69) is 5.32 Å². The lowest BCUT2D eigenvalue weighted by atomic mass is 9.94. The number of hydrogen-bond acceptors (Lipinski definition) is 3. The summed E-state index contributed by atoms with van der Waals surface area (Å²) in [6, 6.07) is 4.04. The van der Waals surface area contributed by atoms with Gasteiger partial charge >= 0.3 is 5.97 Å². The molecule has 2 rings (SSSR count). The van der Waals surface area contributed by atoms with Gasteiger partial charge in [0.05, 0.1) is 18.2 Å². The lowest BCUT2D eigenvalue weighted by Crippen LogP contribution is -2.42. The highest BCUT2D eigenvalue weighted by Gasteiger charge is 2.37. The standard InChI is InChI=1S/C11H15NO3/c1-11(7-10(13)14,12-8-4-5-8)9-3-2-6-15-9/h2-3,6,8,12H,4-5,7H2,1H3,(H,13,14). The summed E-state index contributed by atoms with van der Waals surface area (Å²) >= 11 is 0. The maximum atomic E-state index is 10.8. The topological polar surface area (TPSA) is 62.5 Å². The van der Waals surface area contributed by atoms with Crippen LogP contribution in [0.4, 0.5) is 0 Å². The van der Waals surface area contributed by atoms with E-state index in [0.29, 0.717) is 11.8 Å². The fourth-order valence-corrected chi connectivity index (χ4v) is 1.78. The van der Waals surface area contributed by atoms with Crippen molar-refractivity contribution < 1.29 is 14.3 Å². The summed E-state index contributed by atoms with van der Waals surface area (Å²) in [6.45, 7) is 1.87. The highest BCUT2D eigenvalue weighted by atomic mass is 16.4. The first-order valence-corrected chi connectivity index (χ1v) is 5.14. The molecule has 1 unspecified atom stereocenters. The zero-order valence-electron chi connectivity index (χ0n) is 8.69. The molecule has 0 aliphatic heterocycles. The lowest BCUT2D eigenvalue weighted by molar-refractivity contribution is -0.138. The third-order valence-corrected chi connectivity index (χ3v) is 2.67. The van der Waals surface area contributed by atoms with E-state index in [4.69, 9.17) is 9.52 Å². The summed E-state index contributed by atoms with van der Waals surface area (Å²) < 4.78 is 5.30. The molecule has 0 radical (unpaired) electrons. The number of rotatable bonds is 5. The minimum atomic E-state index is -0.818. The molecule has 0 spiro atoms. The van der Waals surface area contributed by atoms with Crippen LogP contribution in [-0.4, -0.2) is 17.1 Å². The van der Waals surface area contributed by atoms with Crippen molar-refractivity contribution in [2.24, 2.45) is 0 Å². The van der Waals surface area contributed by atoms with Crippen molar-refractivity contribution in [3.63, 3.8) is 0 Å². The summed E-state index contributed by atoms with van der Waals surface area (Å²) in [5.41, 5.74) is -0.587. The van der Waals surface area contributed by atoms with Gasteiger partial charge in [-0.25, -0.2) is 0 Å². The maximum Gasteiger partial charge on any atom is 0.305 e. The van der Waals surface area contributed by atoms with Gasteiger partial charge in [-0.1, -0.05) is 0 Å². The Morgan fingerprint density at radius 1 is 1.73 bits per heavy atom. The Bertz CT molecular complexity index is 343. The van der Waals surface area contributed by atoms with Crippen molar-refractivity contribution in [1.29, 1.82) is 0 Å². The first-order chi connectivity index (χ1) is 7.10. The molecule has 0 aromatic carbocycles. The minimum absolute atomic E-state index is 0.0387. The lowest BCUT2D eigenvalue weighted by Gasteiger charge is -2.27. The van der Waals surface area contributed by atoms with E-state index in [1.807, 2.05) is 13.0 Å². The molecule has 1 aliphatic rings. The Morgan fingerprint density at radius 3 is 2.93 bits per heavy atom. The predicted octanol–water partition coefficient (Wildman–Crippen LogP) is 1.72. The van der Waals surface area contributed by atoms with Gasteiger partial charge in [-0.2, -0.15) is 0 Å². The van der Waals surface area contributed by atoms with Crippen LogP contribution in [-0.2, 0) is 10.3 Å². The average molecular weight is 209 g/mol. The van der Waals surface area contributed by atoms with Crippen molar-refractivity contribution in [3.8, 4) is 0 Å². The van der Waals surface area contributed by atoms with Crippen molar-refractivity contribution in [1.82, 2.24) is 5.32 Å². The average Bonchev–Trinajstić information content (AvgIpc) is 2.78. The van der Waals surface area contributed by atoms with Crippen molar-refractivity contribution >= 4 is 5.97 Å². The predicted molar refractivity (Wildman–Crippen MR) is 54.5 cm³/mol. The molecule has 1 heterocycles. The molecule has 15 heavy (non-hydrogen) atoms. The van der Waals surface area contributed by atoms with Gasteiger partial charge < -0.3 is 14.8 Å². The summed E-state index contributed by atoms with van der Waals surface area (Å²) in [7, 11) is 0. The quantitative estimate of drug-likeness (QED) is 0.775. The smallest absolute Gasteiger partial charge is 0.305 e. The van der Waals surface area contributed by atoms with E-state index in [1.165, 1.54) is 0 Å². The molecular formula is C11H15NO3. The molecule has 1 fully saturated rings. The summed E-state index contributed by atoms with van der Waals surface area (Å²) in [4.78, 5) is 10.8. The van der Waals surface area contributed by atoms with Crippen LogP contribution in [0.5, 0.6) is 0 Å². The second kappa shape index (κ2) is 3.70. The van der Waals surface area contributed by atoms with Crippen molar-refractivity contribution in [3.05, 3.63) is 24.2 Å². The zero-order chi connectivity index (χ0) is 10.9. The SMILES string of the molecule is CC(CC(=O)O)(NC1CC1)c1ccco1. The van der Waals surface area contributed by atoms with Gasteiger partial charge in [0.1, 0.15) is 5.76 Å². The molecule has 4 heteroatoms. The zero-order valence-corrected chi connectivity index (χ0v) is 8.69. The third-order valence-electron chi connectivity index (χ3n) is 2.67. The van der Waals surface area contributed by atoms with Crippen LogP contribution in [0.2, 0.25) is 0 Å². The third kappa shape index (κ3) is 2.39. The van der Waals surface area contributed by atoms with Crippen LogP contribution in [0.3, 0.4) is 0 Å². The number of hydrogen-bond donors (Lipinski definition) is 2. The van der Waals surface area contributed by atoms with Gasteiger partial charge in [-0.05, 0) is 31.9 Å². The Balaban J connectivity index is 2.16. The molecule has 0 bridgehead atoms. The number of nitrogens with one attached hydrogen (secondary N) is 1. The van der Waals surface area contributed by atoms with Crippen LogP contribution in [0.1, 0.15) is 31.9 Å². The van der Waals surface area contributed by atoms with Crippen molar-refractivity contribution in [2.45, 2.75) is 37.8 Å². The van der Waals surface area contributed by atoms with Crippen LogP contribution in [0.15, 0.2) is 22.8 Å². The number of aliphatic carboxylic acids is 1. The fourth-order valence-electron chi connectivity index (χ4n) is 1.78. The second-order valence-corrected chi connectivity index (χ2v) is 4.30. The van der Waals surface area contributed by atoms with Gasteiger partial charge in [0.2, 0.25) is 0 Å². The van der Waals surface area contributed by atoms with Crippen molar-refractivity contribution in [2.75, 3.05) is 0 Å². The Kier molecular flexibility index (Phi) is 2.52. The molecule has 82 valence electrons. The van der Waals surface area contributed by atoms with Gasteiger partial charge in [0.25, 0.3) is 0 Å². The largest absolute Gasteiger partial charge is 0.481 e. The maximum absolute atomic E-state index is 10.8. The highest BCUT2D eigenvalue weighted by Crippen LogP contribution is 2.31. The summed E-state index contributed by atoms with van der Waals surface area (Å²) in [5.74, 6) is -0.126. The normalized spacial score (nSPS) is 19.8. The monoisotopic (exact) mass is 209 g/mol. The Labute approximate surface area is 88.3 Å². The van der Waals surface area contributed by atoms with Crippen LogP contribution >= 0.6 is 0 Å². The van der Waals surface area contributed by atoms with Crippen LogP contribution in [0.25, 0.3) is 0 Å². The van der Waals surface area contributed by atoms with E-state index >= 15 is 0 Å². The summed E-state index contributed by atoms with van der Waals surface area (Å²) in [5, 5.41) is 12.2. The van der Waals surface area contributed by atoms with Gasteiger partial charge in [-0.15, -0.1) is 0 Å². The molecule has 1 aromatic rings. The molecule has 2 N–H and O–H groups in total. The van der Waals surface area contributed by atoms with E-state index < -0.39 is 11.5 Å². The van der Waals surface area contributed by atoms with E-state index in [-0.39, 0.29) is 6.42 Å². The molecule has 1 aromatic heterocycles. The Hall–Kier alpha value is -1.29. The van der Waals surface area contributed by atoms with E-state index in [9.17, 15) is 4.79 Å². The molecular weight excluding hydrogens is 194 g/mol. The van der Waals surface area contributed by atoms with Crippen LogP contribution in [0, 0.1) is 0 Å². The first-order valence-electron chi connectivity index (χ1n) is 5.14. The van der Waals surface area contributed by atoms with Crippen LogP contribution < -0.4 is 5.32 Å².